The lowest BCUT2D eigenvalue weighted by atomic mass is 9.74. The molecule has 10 heteroatoms. The number of methoxy groups -OCH3 is 2. The quantitative estimate of drug-likeness (QED) is 0.216. The molecule has 54 heavy (non-hydrogen) atoms. The van der Waals surface area contributed by atoms with Crippen molar-refractivity contribution in [3.05, 3.63) is 118 Å². The minimum Gasteiger partial charge on any atom is -0.497 e. The maximum absolute atomic E-state index is 13.6. The average Bonchev–Trinajstić information content (AvgIpc) is 3.48. The molecule has 0 atom stereocenters. The van der Waals surface area contributed by atoms with Crippen molar-refractivity contribution < 1.29 is 28.6 Å². The van der Waals surface area contributed by atoms with Crippen molar-refractivity contribution in [2.75, 3.05) is 57.2 Å². The third kappa shape index (κ3) is 6.57. The van der Waals surface area contributed by atoms with E-state index < -0.39 is 11.0 Å². The first-order valence-corrected chi connectivity index (χ1v) is 18.4. The van der Waals surface area contributed by atoms with Gasteiger partial charge in [0.2, 0.25) is 11.8 Å². The standard InChI is InChI=1S/C24H28N2O4.C20H22N2O2/c1-16-6-11-19-20(12-16)26(13-17-7-9-18(29-5)10-8-17)21(27)24(19)14-25(15-24)22(28)30-23(2,3)4;1-14-4-9-17-18(10-14)22(19(23)20(17)12-21(2)13-20)11-15-5-7-16(24-3)8-6-15/h6-12H,13-15H2,1-5H3;4-10H,11-13H2,1-3H3. The van der Waals surface area contributed by atoms with Crippen LogP contribution in [0.5, 0.6) is 11.5 Å². The van der Waals surface area contributed by atoms with Gasteiger partial charge in [-0.25, -0.2) is 4.79 Å². The number of nitrogens with zero attached hydrogens (tertiary/aromatic N) is 4. The van der Waals surface area contributed by atoms with Crippen molar-refractivity contribution in [3.63, 3.8) is 0 Å². The van der Waals surface area contributed by atoms with E-state index in [-0.39, 0.29) is 23.3 Å². The van der Waals surface area contributed by atoms with Gasteiger partial charge in [0.1, 0.15) is 27.9 Å². The maximum atomic E-state index is 13.6. The summed E-state index contributed by atoms with van der Waals surface area (Å²) in [5, 5.41) is 0. The molecule has 8 rings (SSSR count). The van der Waals surface area contributed by atoms with Crippen molar-refractivity contribution in [2.45, 2.75) is 64.1 Å². The molecule has 0 bridgehead atoms. The van der Waals surface area contributed by atoms with Crippen LogP contribution in [0.25, 0.3) is 0 Å². The summed E-state index contributed by atoms with van der Waals surface area (Å²) in [7, 11) is 5.36. The Morgan fingerprint density at radius 2 is 1.06 bits per heavy atom. The fourth-order valence-corrected chi connectivity index (χ4v) is 8.19. The van der Waals surface area contributed by atoms with Crippen LogP contribution in [0.1, 0.15) is 54.2 Å². The molecular weight excluding hydrogens is 681 g/mol. The molecule has 0 aliphatic carbocycles. The van der Waals surface area contributed by atoms with Gasteiger partial charge in [-0.1, -0.05) is 48.5 Å². The number of fused-ring (bicyclic) bond motifs is 4. The van der Waals surface area contributed by atoms with Gasteiger partial charge in [-0.15, -0.1) is 0 Å². The topological polar surface area (TPSA) is 91.9 Å². The smallest absolute Gasteiger partial charge is 0.410 e. The molecule has 4 heterocycles. The Bertz CT molecular complexity index is 2080. The van der Waals surface area contributed by atoms with Crippen LogP contribution in [0.2, 0.25) is 0 Å². The van der Waals surface area contributed by atoms with Gasteiger partial charge < -0.3 is 33.8 Å². The molecule has 0 unspecified atom stereocenters. The number of hydrogen-bond acceptors (Lipinski definition) is 7. The van der Waals surface area contributed by atoms with Gasteiger partial charge in [0.15, 0.2) is 0 Å². The van der Waals surface area contributed by atoms with Crippen LogP contribution >= 0.6 is 0 Å². The normalized spacial score (nSPS) is 17.7. The Hall–Kier alpha value is -5.35. The zero-order valence-corrected chi connectivity index (χ0v) is 32.6. The van der Waals surface area contributed by atoms with E-state index in [1.807, 2.05) is 98.2 Å². The molecule has 3 amide bonds. The summed E-state index contributed by atoms with van der Waals surface area (Å²) in [6.45, 7) is 13.0. The monoisotopic (exact) mass is 730 g/mol. The molecule has 2 spiro atoms. The third-order valence-corrected chi connectivity index (χ3v) is 10.9. The van der Waals surface area contributed by atoms with Gasteiger partial charge in [-0.05, 0) is 111 Å². The van der Waals surface area contributed by atoms with Crippen molar-refractivity contribution >= 4 is 29.3 Å². The number of likely N-dealkylation sites (N-methyl/N-ethyl adjacent to an activating group) is 1. The predicted octanol–water partition coefficient (Wildman–Crippen LogP) is 6.77. The first kappa shape index (κ1) is 37.0. The molecule has 0 radical (unpaired) electrons. The van der Waals surface area contributed by atoms with E-state index in [1.165, 1.54) is 11.1 Å². The number of aryl methyl sites for hydroxylation is 2. The average molecular weight is 731 g/mol. The molecule has 2 fully saturated rings. The van der Waals surface area contributed by atoms with Crippen LogP contribution in [-0.2, 0) is 38.2 Å². The number of hydrogen-bond donors (Lipinski definition) is 0. The maximum Gasteiger partial charge on any atom is 0.410 e. The lowest BCUT2D eigenvalue weighted by Gasteiger charge is -2.46. The first-order valence-electron chi connectivity index (χ1n) is 18.4. The molecule has 4 aromatic rings. The van der Waals surface area contributed by atoms with E-state index in [9.17, 15) is 14.4 Å². The number of carbonyl (C=O) groups excluding carboxylic acids is 3. The van der Waals surface area contributed by atoms with E-state index in [1.54, 1.807) is 19.1 Å². The lowest BCUT2D eigenvalue weighted by Crippen LogP contribution is -2.65. The molecule has 0 N–H and O–H groups in total. The molecule has 4 aliphatic heterocycles. The number of rotatable bonds is 6. The highest BCUT2D eigenvalue weighted by atomic mass is 16.6. The first-order chi connectivity index (χ1) is 25.7. The van der Waals surface area contributed by atoms with Crippen LogP contribution in [0.3, 0.4) is 0 Å². The number of likely N-dealkylation sites (tertiary alicyclic amines) is 2. The van der Waals surface area contributed by atoms with Crippen LogP contribution in [-0.4, -0.2) is 80.8 Å². The number of benzene rings is 4. The SMILES string of the molecule is COc1ccc(CN2C(=O)C3(CN(C(=O)OC(C)(C)C)C3)c3ccc(C)cc32)cc1.COc1ccc(CN2C(=O)C3(CN(C)C3)c3ccc(C)cc32)cc1. The van der Waals surface area contributed by atoms with Crippen molar-refractivity contribution in [2.24, 2.45) is 0 Å². The van der Waals surface area contributed by atoms with Crippen molar-refractivity contribution in [1.29, 1.82) is 0 Å². The molecule has 4 aliphatic rings. The highest BCUT2D eigenvalue weighted by Gasteiger charge is 2.60. The van der Waals surface area contributed by atoms with E-state index in [0.29, 0.717) is 26.2 Å². The number of anilines is 2. The molecule has 282 valence electrons. The van der Waals surface area contributed by atoms with E-state index in [4.69, 9.17) is 14.2 Å². The van der Waals surface area contributed by atoms with Gasteiger partial charge in [0.05, 0.1) is 27.3 Å². The second-order valence-corrected chi connectivity index (χ2v) is 16.2. The predicted molar refractivity (Wildman–Crippen MR) is 209 cm³/mol. The number of ether oxygens (including phenoxy) is 3. The Labute approximate surface area is 318 Å². The Kier molecular flexibility index (Phi) is 9.46. The Morgan fingerprint density at radius 3 is 1.43 bits per heavy atom. The molecule has 0 saturated carbocycles. The molecule has 10 nitrogen and oxygen atoms in total. The van der Waals surface area contributed by atoms with Crippen LogP contribution < -0.4 is 19.3 Å². The molecule has 2 saturated heterocycles. The van der Waals surface area contributed by atoms with Crippen LogP contribution in [0, 0.1) is 13.8 Å². The second kappa shape index (κ2) is 13.8. The largest absolute Gasteiger partial charge is 0.497 e. The zero-order chi connectivity index (χ0) is 38.6. The molecular formula is C44H50N4O6. The third-order valence-electron chi connectivity index (χ3n) is 10.9. The fraction of sp³-hybridized carbons (Fsp3) is 0.386. The number of carbonyl (C=O) groups is 3. The summed E-state index contributed by atoms with van der Waals surface area (Å²) in [6, 6.07) is 28.2. The van der Waals surface area contributed by atoms with E-state index in [2.05, 4.69) is 43.1 Å². The summed E-state index contributed by atoms with van der Waals surface area (Å²) in [5.74, 6) is 1.89. The summed E-state index contributed by atoms with van der Waals surface area (Å²) in [6.07, 6.45) is -0.372. The van der Waals surface area contributed by atoms with Gasteiger partial charge in [0.25, 0.3) is 0 Å². The van der Waals surface area contributed by atoms with Crippen molar-refractivity contribution in [1.82, 2.24) is 9.80 Å². The summed E-state index contributed by atoms with van der Waals surface area (Å²) < 4.78 is 15.9. The van der Waals surface area contributed by atoms with Gasteiger partial charge in [-0.2, -0.15) is 0 Å². The van der Waals surface area contributed by atoms with Gasteiger partial charge in [0, 0.05) is 37.6 Å². The minimum absolute atomic E-state index is 0.0405. The highest BCUT2D eigenvalue weighted by Crippen LogP contribution is 2.49. The van der Waals surface area contributed by atoms with Crippen LogP contribution in [0.15, 0.2) is 84.9 Å². The number of amides is 3. The summed E-state index contributed by atoms with van der Waals surface area (Å²) >= 11 is 0. The Morgan fingerprint density at radius 1 is 0.648 bits per heavy atom. The summed E-state index contributed by atoms with van der Waals surface area (Å²) in [5.41, 5.74) is 7.01. The minimum atomic E-state index is -0.688. The summed E-state index contributed by atoms with van der Waals surface area (Å²) in [4.78, 5) is 46.9. The Balaban J connectivity index is 0.000000171. The van der Waals surface area contributed by atoms with E-state index in [0.717, 1.165) is 58.2 Å². The van der Waals surface area contributed by atoms with Gasteiger partial charge in [-0.3, -0.25) is 9.59 Å². The fourth-order valence-electron chi connectivity index (χ4n) is 8.19. The second-order valence-electron chi connectivity index (χ2n) is 16.2. The zero-order valence-electron chi connectivity index (χ0n) is 32.6. The van der Waals surface area contributed by atoms with Crippen molar-refractivity contribution in [3.8, 4) is 11.5 Å². The molecule has 4 aromatic carbocycles. The lowest BCUT2D eigenvalue weighted by molar-refractivity contribution is -0.129. The molecule has 0 aromatic heterocycles. The highest BCUT2D eigenvalue weighted by molar-refractivity contribution is 6.10. The van der Waals surface area contributed by atoms with E-state index >= 15 is 0 Å². The van der Waals surface area contributed by atoms with Crippen LogP contribution in [0.4, 0.5) is 16.2 Å². The van der Waals surface area contributed by atoms with Gasteiger partial charge >= 0.3 is 6.09 Å².